The van der Waals surface area contributed by atoms with E-state index in [2.05, 4.69) is 21.7 Å². The largest absolute Gasteiger partial charge is 0.360 e. The van der Waals surface area contributed by atoms with Gasteiger partial charge in [0, 0.05) is 27.7 Å². The van der Waals surface area contributed by atoms with Crippen molar-refractivity contribution >= 4 is 51.1 Å². The van der Waals surface area contributed by atoms with Crippen LogP contribution in [0.2, 0.25) is 5.02 Å². The van der Waals surface area contributed by atoms with E-state index in [1.807, 2.05) is 60.7 Å². The van der Waals surface area contributed by atoms with Gasteiger partial charge in [-0.05, 0) is 29.8 Å². The minimum Gasteiger partial charge on any atom is -0.360 e. The van der Waals surface area contributed by atoms with Crippen LogP contribution in [0, 0.1) is 0 Å². The van der Waals surface area contributed by atoms with Gasteiger partial charge in [0.05, 0.1) is 23.3 Å². The highest BCUT2D eigenvalue weighted by atomic mass is 35.5. The van der Waals surface area contributed by atoms with Crippen LogP contribution in [0.5, 0.6) is 0 Å². The summed E-state index contributed by atoms with van der Waals surface area (Å²) in [5, 5.41) is 2.41. The molecule has 5 rings (SSSR count). The van der Waals surface area contributed by atoms with Crippen LogP contribution in [-0.4, -0.2) is 26.1 Å². The number of aromatic nitrogens is 3. The summed E-state index contributed by atoms with van der Waals surface area (Å²) in [7, 11) is 0. The molecular formula is C24H18ClN3OS. The molecule has 0 amide bonds. The van der Waals surface area contributed by atoms with Crippen molar-refractivity contribution in [2.75, 3.05) is 5.75 Å². The van der Waals surface area contributed by atoms with E-state index in [1.165, 1.54) is 17.3 Å². The molecule has 0 aliphatic carbocycles. The van der Waals surface area contributed by atoms with Gasteiger partial charge in [0.15, 0.2) is 10.9 Å². The molecule has 0 spiro atoms. The Morgan fingerprint density at radius 2 is 1.83 bits per heavy atom. The van der Waals surface area contributed by atoms with Gasteiger partial charge in [-0.25, -0.2) is 4.98 Å². The zero-order valence-corrected chi connectivity index (χ0v) is 17.6. The highest BCUT2D eigenvalue weighted by Crippen LogP contribution is 2.28. The summed E-state index contributed by atoms with van der Waals surface area (Å²) in [4.78, 5) is 20.9. The number of nitrogens with one attached hydrogen (secondary N) is 1. The minimum atomic E-state index is 0.0776. The molecule has 148 valence electrons. The topological polar surface area (TPSA) is 50.7 Å². The zero-order chi connectivity index (χ0) is 20.5. The van der Waals surface area contributed by atoms with Crippen LogP contribution in [0.1, 0.15) is 15.9 Å². The fourth-order valence-corrected chi connectivity index (χ4v) is 4.68. The Balaban J connectivity index is 1.46. The van der Waals surface area contributed by atoms with Crippen molar-refractivity contribution in [1.82, 2.24) is 14.5 Å². The van der Waals surface area contributed by atoms with Gasteiger partial charge in [0.2, 0.25) is 0 Å². The SMILES string of the molecule is O=C(CSc1nc2cc(Cl)ccc2n1Cc1ccccc1)c1c[nH]c2ccccc12. The van der Waals surface area contributed by atoms with Gasteiger partial charge < -0.3 is 9.55 Å². The van der Waals surface area contributed by atoms with Crippen molar-refractivity contribution in [2.24, 2.45) is 0 Å². The minimum absolute atomic E-state index is 0.0776. The van der Waals surface area contributed by atoms with Gasteiger partial charge in [-0.1, -0.05) is 71.9 Å². The van der Waals surface area contributed by atoms with Crippen molar-refractivity contribution in [3.05, 3.63) is 95.1 Å². The Kier molecular flexibility index (Phi) is 5.07. The van der Waals surface area contributed by atoms with Gasteiger partial charge in [-0.2, -0.15) is 0 Å². The second kappa shape index (κ2) is 8.01. The van der Waals surface area contributed by atoms with Crippen molar-refractivity contribution in [1.29, 1.82) is 0 Å². The van der Waals surface area contributed by atoms with Crippen molar-refractivity contribution in [2.45, 2.75) is 11.7 Å². The van der Waals surface area contributed by atoms with E-state index >= 15 is 0 Å². The van der Waals surface area contributed by atoms with Crippen molar-refractivity contribution in [3.8, 4) is 0 Å². The normalized spacial score (nSPS) is 11.4. The third kappa shape index (κ3) is 3.62. The molecule has 2 aromatic heterocycles. The van der Waals surface area contributed by atoms with Crippen LogP contribution in [-0.2, 0) is 6.54 Å². The van der Waals surface area contributed by atoms with E-state index in [0.717, 1.165) is 27.1 Å². The first-order chi connectivity index (χ1) is 14.7. The summed E-state index contributed by atoms with van der Waals surface area (Å²) in [6.07, 6.45) is 1.79. The maximum Gasteiger partial charge on any atom is 0.175 e. The molecule has 2 heterocycles. The molecular weight excluding hydrogens is 414 g/mol. The smallest absolute Gasteiger partial charge is 0.175 e. The third-order valence-corrected chi connectivity index (χ3v) is 6.29. The van der Waals surface area contributed by atoms with Crippen LogP contribution >= 0.6 is 23.4 Å². The predicted molar refractivity (Wildman–Crippen MR) is 124 cm³/mol. The first kappa shape index (κ1) is 19.0. The number of nitrogens with zero attached hydrogens (tertiary/aromatic N) is 2. The van der Waals surface area contributed by atoms with E-state index < -0.39 is 0 Å². The van der Waals surface area contributed by atoms with Crippen LogP contribution in [0.15, 0.2) is 84.1 Å². The van der Waals surface area contributed by atoms with Gasteiger partial charge in [0.25, 0.3) is 0 Å². The standard InChI is InChI=1S/C24H18ClN3OS/c25-17-10-11-22-21(12-17)27-24(28(22)14-16-6-2-1-3-7-16)30-15-23(29)19-13-26-20-9-5-4-8-18(19)20/h1-13,26H,14-15H2. The molecule has 3 aromatic carbocycles. The second-order valence-corrected chi connectivity index (χ2v) is 8.44. The number of hydrogen-bond donors (Lipinski definition) is 1. The molecule has 0 unspecified atom stereocenters. The molecule has 6 heteroatoms. The second-order valence-electron chi connectivity index (χ2n) is 7.06. The summed E-state index contributed by atoms with van der Waals surface area (Å²) < 4.78 is 2.15. The van der Waals surface area contributed by atoms with E-state index in [1.54, 1.807) is 6.20 Å². The van der Waals surface area contributed by atoms with Gasteiger partial charge in [0.1, 0.15) is 0 Å². The third-order valence-electron chi connectivity index (χ3n) is 5.08. The number of carbonyl (C=O) groups is 1. The Labute approximate surface area is 182 Å². The van der Waals surface area contributed by atoms with E-state index in [-0.39, 0.29) is 5.78 Å². The molecule has 0 aliphatic rings. The number of halogens is 1. The fourth-order valence-electron chi connectivity index (χ4n) is 3.62. The molecule has 30 heavy (non-hydrogen) atoms. The Hall–Kier alpha value is -3.02. The summed E-state index contributed by atoms with van der Waals surface area (Å²) >= 11 is 7.64. The molecule has 0 aliphatic heterocycles. The Morgan fingerprint density at radius 1 is 1.03 bits per heavy atom. The molecule has 0 atom stereocenters. The summed E-state index contributed by atoms with van der Waals surface area (Å²) in [6.45, 7) is 0.683. The average Bonchev–Trinajstić information content (AvgIpc) is 3.34. The molecule has 0 bridgehead atoms. The van der Waals surface area contributed by atoms with Gasteiger partial charge in [-0.15, -0.1) is 0 Å². The van der Waals surface area contributed by atoms with E-state index in [9.17, 15) is 4.79 Å². The number of hydrogen-bond acceptors (Lipinski definition) is 3. The number of imidazole rings is 1. The van der Waals surface area contributed by atoms with Crippen molar-refractivity contribution in [3.63, 3.8) is 0 Å². The first-order valence-electron chi connectivity index (χ1n) is 9.61. The number of para-hydroxylation sites is 1. The Bertz CT molecular complexity index is 1360. The van der Waals surface area contributed by atoms with Crippen LogP contribution in [0.3, 0.4) is 0 Å². The lowest BCUT2D eigenvalue weighted by atomic mass is 10.1. The number of carbonyl (C=O) groups excluding carboxylic acids is 1. The lowest BCUT2D eigenvalue weighted by molar-refractivity contribution is 0.102. The van der Waals surface area contributed by atoms with Crippen LogP contribution in [0.25, 0.3) is 21.9 Å². The van der Waals surface area contributed by atoms with Crippen LogP contribution < -0.4 is 0 Å². The predicted octanol–water partition coefficient (Wildman–Crippen LogP) is 6.19. The highest BCUT2D eigenvalue weighted by Gasteiger charge is 2.16. The van der Waals surface area contributed by atoms with E-state index in [0.29, 0.717) is 22.9 Å². The lowest BCUT2D eigenvalue weighted by Crippen LogP contribution is -2.05. The fraction of sp³-hybridized carbons (Fsp3) is 0.0833. The van der Waals surface area contributed by atoms with Gasteiger partial charge >= 0.3 is 0 Å². The molecule has 4 nitrogen and oxygen atoms in total. The molecule has 5 aromatic rings. The molecule has 0 fully saturated rings. The lowest BCUT2D eigenvalue weighted by Gasteiger charge is -2.09. The summed E-state index contributed by atoms with van der Waals surface area (Å²) in [6, 6.07) is 23.8. The number of benzene rings is 3. The highest BCUT2D eigenvalue weighted by molar-refractivity contribution is 7.99. The number of H-pyrrole nitrogens is 1. The number of aromatic amines is 1. The maximum atomic E-state index is 12.9. The van der Waals surface area contributed by atoms with Gasteiger partial charge in [-0.3, -0.25) is 4.79 Å². The van der Waals surface area contributed by atoms with Crippen LogP contribution in [0.4, 0.5) is 0 Å². The molecule has 0 radical (unpaired) electrons. The maximum absolute atomic E-state index is 12.9. The molecule has 1 N–H and O–H groups in total. The number of rotatable bonds is 6. The summed E-state index contributed by atoms with van der Waals surface area (Å²) in [5.41, 5.74) is 4.70. The quantitative estimate of drug-likeness (QED) is 0.257. The number of Topliss-reactive ketones (excluding diaryl/α,β-unsaturated/α-hetero) is 1. The zero-order valence-electron chi connectivity index (χ0n) is 16.0. The summed E-state index contributed by atoms with van der Waals surface area (Å²) in [5.74, 6) is 0.391. The number of fused-ring (bicyclic) bond motifs is 2. The molecule has 0 saturated carbocycles. The van der Waals surface area contributed by atoms with E-state index in [4.69, 9.17) is 16.6 Å². The average molecular weight is 432 g/mol. The monoisotopic (exact) mass is 431 g/mol. The number of thioether (sulfide) groups is 1. The van der Waals surface area contributed by atoms with Crippen molar-refractivity contribution < 1.29 is 4.79 Å². The first-order valence-corrected chi connectivity index (χ1v) is 11.0. The number of ketones is 1. The molecule has 0 saturated heterocycles. The Morgan fingerprint density at radius 3 is 2.70 bits per heavy atom.